The molecule has 1 aliphatic carbocycles. The van der Waals surface area contributed by atoms with E-state index in [4.69, 9.17) is 9.15 Å². The fourth-order valence-electron chi connectivity index (χ4n) is 2.54. The molecule has 0 radical (unpaired) electrons. The summed E-state index contributed by atoms with van der Waals surface area (Å²) in [7, 11) is 0. The highest BCUT2D eigenvalue weighted by Gasteiger charge is 2.18. The highest BCUT2D eigenvalue weighted by atomic mass is 127. The van der Waals surface area contributed by atoms with E-state index in [-0.39, 0.29) is 29.9 Å². The van der Waals surface area contributed by atoms with Gasteiger partial charge in [-0.1, -0.05) is 42.5 Å². The number of rotatable bonds is 1. The molecular formula is C18H14INO2. The van der Waals surface area contributed by atoms with E-state index in [9.17, 15) is 0 Å². The number of allylic oxidation sites excluding steroid dienone is 6. The topological polar surface area (TPSA) is 34.7 Å². The van der Waals surface area contributed by atoms with E-state index in [1.165, 1.54) is 0 Å². The molecule has 1 aromatic carbocycles. The molecule has 0 bridgehead atoms. The number of halogens is 1. The van der Waals surface area contributed by atoms with Crippen LogP contribution in [0, 0.1) is 5.92 Å². The molecule has 0 amide bonds. The van der Waals surface area contributed by atoms with Gasteiger partial charge in [0.15, 0.2) is 0 Å². The summed E-state index contributed by atoms with van der Waals surface area (Å²) >= 11 is 0. The molecule has 1 unspecified atom stereocenters. The van der Waals surface area contributed by atoms with Gasteiger partial charge in [0.1, 0.15) is 0 Å². The van der Waals surface area contributed by atoms with Gasteiger partial charge < -0.3 is 9.15 Å². The minimum Gasteiger partial charge on any atom is -0.447 e. The molecule has 2 aromatic rings. The maximum Gasteiger partial charge on any atom is 0.229 e. The molecule has 0 saturated heterocycles. The summed E-state index contributed by atoms with van der Waals surface area (Å²) in [5, 5.41) is 2.06. The van der Waals surface area contributed by atoms with Crippen LogP contribution in [0.5, 0.6) is 0 Å². The Labute approximate surface area is 145 Å². The fourth-order valence-corrected chi connectivity index (χ4v) is 2.54. The van der Waals surface area contributed by atoms with Crippen molar-refractivity contribution in [3.63, 3.8) is 0 Å². The predicted molar refractivity (Wildman–Crippen MR) is 96.2 cm³/mol. The molecule has 3 nitrogen and oxygen atoms in total. The second kappa shape index (κ2) is 6.36. The van der Waals surface area contributed by atoms with Gasteiger partial charge in [-0.05, 0) is 23.6 Å². The lowest BCUT2D eigenvalue weighted by Gasteiger charge is -2.18. The van der Waals surface area contributed by atoms with Crippen LogP contribution in [0.15, 0.2) is 94.1 Å². The Morgan fingerprint density at radius 3 is 2.86 bits per heavy atom. The molecule has 4 rings (SSSR count). The number of benzene rings is 1. The maximum absolute atomic E-state index is 5.59. The van der Waals surface area contributed by atoms with E-state index < -0.39 is 0 Å². The van der Waals surface area contributed by atoms with Gasteiger partial charge in [0, 0.05) is 16.9 Å². The van der Waals surface area contributed by atoms with Crippen molar-refractivity contribution < 1.29 is 9.15 Å². The lowest BCUT2D eigenvalue weighted by atomic mass is 9.94. The summed E-state index contributed by atoms with van der Waals surface area (Å²) in [6, 6.07) is 9.94. The van der Waals surface area contributed by atoms with Crippen molar-refractivity contribution in [2.45, 2.75) is 0 Å². The number of fused-ring (bicyclic) bond motifs is 2. The Morgan fingerprint density at radius 2 is 1.91 bits per heavy atom. The molecule has 0 spiro atoms. The van der Waals surface area contributed by atoms with Crippen LogP contribution in [0.4, 0.5) is 0 Å². The zero-order valence-electron chi connectivity index (χ0n) is 11.7. The second-order valence-corrected chi connectivity index (χ2v) is 4.90. The first-order chi connectivity index (χ1) is 10.4. The van der Waals surface area contributed by atoms with Gasteiger partial charge in [-0.3, -0.25) is 0 Å². The average molecular weight is 403 g/mol. The first-order valence-corrected chi connectivity index (χ1v) is 6.85. The Balaban J connectivity index is 0.00000144. The average Bonchev–Trinajstić information content (AvgIpc) is 2.56. The lowest BCUT2D eigenvalue weighted by molar-refractivity contribution is 0.319. The van der Waals surface area contributed by atoms with Gasteiger partial charge in [0.25, 0.3) is 0 Å². The summed E-state index contributed by atoms with van der Waals surface area (Å²) in [5.74, 6) is 0.806. The fraction of sp³-hybridized carbons (Fsp3) is 0.0556. The second-order valence-electron chi connectivity index (χ2n) is 4.90. The number of hydrogen-bond donors (Lipinski definition) is 0. The summed E-state index contributed by atoms with van der Waals surface area (Å²) in [6.07, 6.45) is 13.5. The van der Waals surface area contributed by atoms with Crippen molar-refractivity contribution in [1.82, 2.24) is 0 Å². The van der Waals surface area contributed by atoms with Gasteiger partial charge in [0.2, 0.25) is 11.4 Å². The summed E-state index contributed by atoms with van der Waals surface area (Å²) in [4.78, 5) is 4.58. The van der Waals surface area contributed by atoms with Gasteiger partial charge in [0.05, 0.1) is 12.5 Å². The smallest absolute Gasteiger partial charge is 0.229 e. The molecule has 1 atom stereocenters. The number of hydrogen-bond acceptors (Lipinski definition) is 3. The largest absolute Gasteiger partial charge is 0.447 e. The SMILES string of the molecule is C1=CC2=C(N=c3occc4ccccc34)OC=CC2C=C1.I. The van der Waals surface area contributed by atoms with Crippen molar-refractivity contribution in [3.8, 4) is 0 Å². The maximum atomic E-state index is 5.59. The van der Waals surface area contributed by atoms with Crippen LogP contribution in [0.1, 0.15) is 0 Å². The summed E-state index contributed by atoms with van der Waals surface area (Å²) in [5.41, 5.74) is 1.61. The quantitative estimate of drug-likeness (QED) is 0.660. The van der Waals surface area contributed by atoms with E-state index in [2.05, 4.69) is 11.1 Å². The molecule has 0 N–H and O–H groups in total. The van der Waals surface area contributed by atoms with Crippen molar-refractivity contribution in [2.24, 2.45) is 10.9 Å². The van der Waals surface area contributed by atoms with Crippen molar-refractivity contribution in [2.75, 3.05) is 0 Å². The molecule has 110 valence electrons. The van der Waals surface area contributed by atoms with Gasteiger partial charge in [-0.2, -0.15) is 4.99 Å². The van der Waals surface area contributed by atoms with Crippen LogP contribution >= 0.6 is 24.0 Å². The van der Waals surface area contributed by atoms with Gasteiger partial charge >= 0.3 is 0 Å². The van der Waals surface area contributed by atoms with E-state index in [1.54, 1.807) is 12.5 Å². The molecule has 0 saturated carbocycles. The third kappa shape index (κ3) is 2.66. The third-order valence-corrected chi connectivity index (χ3v) is 3.60. The molecular weight excluding hydrogens is 389 g/mol. The molecule has 2 aliphatic rings. The van der Waals surface area contributed by atoms with Crippen molar-refractivity contribution in [1.29, 1.82) is 0 Å². The van der Waals surface area contributed by atoms with E-state index in [0.717, 1.165) is 16.3 Å². The first kappa shape index (κ1) is 14.8. The summed E-state index contributed by atoms with van der Waals surface area (Å²) in [6.45, 7) is 0. The zero-order chi connectivity index (χ0) is 14.1. The van der Waals surface area contributed by atoms with Crippen LogP contribution in [-0.4, -0.2) is 0 Å². The minimum atomic E-state index is 0. The van der Waals surface area contributed by atoms with Crippen LogP contribution in [0.2, 0.25) is 0 Å². The Kier molecular flexibility index (Phi) is 4.29. The highest BCUT2D eigenvalue weighted by molar-refractivity contribution is 14.0. The van der Waals surface area contributed by atoms with E-state index in [0.29, 0.717) is 11.4 Å². The number of nitrogens with zero attached hydrogens (tertiary/aromatic N) is 1. The normalized spacial score (nSPS) is 19.8. The van der Waals surface area contributed by atoms with Crippen LogP contribution in [0.3, 0.4) is 0 Å². The Hall–Kier alpha value is -2.08. The van der Waals surface area contributed by atoms with Crippen molar-refractivity contribution in [3.05, 3.63) is 90.2 Å². The number of ether oxygens (including phenoxy) is 1. The third-order valence-electron chi connectivity index (χ3n) is 3.60. The lowest BCUT2D eigenvalue weighted by Crippen LogP contribution is -2.10. The van der Waals surface area contributed by atoms with Crippen LogP contribution in [-0.2, 0) is 4.74 Å². The molecule has 1 aromatic heterocycles. The van der Waals surface area contributed by atoms with E-state index >= 15 is 0 Å². The van der Waals surface area contributed by atoms with Crippen LogP contribution in [0.25, 0.3) is 10.8 Å². The van der Waals surface area contributed by atoms with Gasteiger partial charge in [-0.15, -0.1) is 24.0 Å². The Morgan fingerprint density at radius 1 is 1.00 bits per heavy atom. The molecule has 2 heterocycles. The van der Waals surface area contributed by atoms with E-state index in [1.807, 2.05) is 54.6 Å². The minimum absolute atomic E-state index is 0. The zero-order valence-corrected chi connectivity index (χ0v) is 14.0. The molecule has 1 aliphatic heterocycles. The summed E-state index contributed by atoms with van der Waals surface area (Å²) < 4.78 is 11.2. The standard InChI is InChI=1S/C18H13NO2.HI/c1-3-7-15-13(5-1)9-11-20-17(15)19-18-16-8-4-2-6-14(16)10-12-21-18;/h1-13H;1H. The highest BCUT2D eigenvalue weighted by Crippen LogP contribution is 2.28. The van der Waals surface area contributed by atoms with Crippen molar-refractivity contribution >= 4 is 34.7 Å². The molecule has 22 heavy (non-hydrogen) atoms. The predicted octanol–water partition coefficient (Wildman–Crippen LogP) is 4.45. The monoisotopic (exact) mass is 403 g/mol. The van der Waals surface area contributed by atoms with Gasteiger partial charge in [-0.25, -0.2) is 0 Å². The van der Waals surface area contributed by atoms with Crippen LogP contribution < -0.4 is 5.55 Å². The Bertz CT molecular complexity index is 882. The molecule has 0 fully saturated rings. The first-order valence-electron chi connectivity index (χ1n) is 6.85. The molecule has 4 heteroatoms.